The fourth-order valence-electron chi connectivity index (χ4n) is 9.37. The number of nitrogens with one attached hydrogen (secondary N) is 2. The zero-order valence-electron chi connectivity index (χ0n) is 33.0. The van der Waals surface area contributed by atoms with Crippen molar-refractivity contribution in [1.82, 2.24) is 35.6 Å². The number of carbonyl (C=O) groups is 4. The summed E-state index contributed by atoms with van der Waals surface area (Å²) < 4.78 is 6.36. The van der Waals surface area contributed by atoms with Gasteiger partial charge in [0.2, 0.25) is 11.8 Å². The number of piperidine rings is 2. The van der Waals surface area contributed by atoms with Gasteiger partial charge in [-0.05, 0) is 111 Å². The SMILES string of the molecule is N#Cc1ccc(OC2CCC(NC(=O)c3ccc(N4CCC(CN5CCN(c6ccc7c(c6)CN(C6CCC(=O)NC6=O)C7=O)CC5)CC4)nn3)CC2)c2cccnc12. The number of benzene rings is 2. The predicted octanol–water partition coefficient (Wildman–Crippen LogP) is 3.82. The topological polar surface area (TPSA) is 177 Å². The molecule has 4 aromatic rings. The van der Waals surface area contributed by atoms with Crippen LogP contribution in [-0.4, -0.2) is 113 Å². The van der Waals surface area contributed by atoms with E-state index in [9.17, 15) is 24.4 Å². The number of nitrogens with zero attached hydrogens (tertiary/aromatic N) is 8. The van der Waals surface area contributed by atoms with Crippen LogP contribution < -0.4 is 25.2 Å². The molecule has 1 saturated carbocycles. The van der Waals surface area contributed by atoms with Crippen molar-refractivity contribution in [3.63, 3.8) is 0 Å². The number of amides is 4. The van der Waals surface area contributed by atoms with Crippen molar-refractivity contribution in [1.29, 1.82) is 5.26 Å². The Hall–Kier alpha value is -6.14. The van der Waals surface area contributed by atoms with E-state index in [1.54, 1.807) is 23.2 Å². The van der Waals surface area contributed by atoms with Crippen molar-refractivity contribution < 1.29 is 23.9 Å². The predicted molar refractivity (Wildman–Crippen MR) is 219 cm³/mol. The molecule has 6 heterocycles. The first-order chi connectivity index (χ1) is 28.8. The third-order valence-electron chi connectivity index (χ3n) is 12.7. The number of imide groups is 1. The van der Waals surface area contributed by atoms with E-state index in [1.807, 2.05) is 36.4 Å². The lowest BCUT2D eigenvalue weighted by molar-refractivity contribution is -0.136. The van der Waals surface area contributed by atoms with E-state index in [-0.39, 0.29) is 42.2 Å². The number of fused-ring (bicyclic) bond motifs is 2. The van der Waals surface area contributed by atoms with Gasteiger partial charge in [-0.3, -0.25) is 34.4 Å². The molecule has 59 heavy (non-hydrogen) atoms. The van der Waals surface area contributed by atoms with Gasteiger partial charge in [-0.25, -0.2) is 0 Å². The van der Waals surface area contributed by atoms with Crippen LogP contribution in [0.2, 0.25) is 0 Å². The third-order valence-corrected chi connectivity index (χ3v) is 12.7. The van der Waals surface area contributed by atoms with E-state index in [4.69, 9.17) is 4.74 Å². The maximum absolute atomic E-state index is 13.1. The molecule has 4 aliphatic heterocycles. The van der Waals surface area contributed by atoms with Crippen LogP contribution in [0.15, 0.2) is 60.8 Å². The van der Waals surface area contributed by atoms with Crippen LogP contribution in [0.25, 0.3) is 10.9 Å². The van der Waals surface area contributed by atoms with E-state index < -0.39 is 6.04 Å². The molecule has 2 N–H and O–H groups in total. The van der Waals surface area contributed by atoms with Gasteiger partial charge in [0, 0.05) is 87.7 Å². The average molecular weight is 797 g/mol. The Bertz CT molecular complexity index is 2290. The fraction of sp³-hybridized carbons (Fsp3) is 0.455. The average Bonchev–Trinajstić information content (AvgIpc) is 3.59. The molecule has 1 aliphatic carbocycles. The third kappa shape index (κ3) is 8.14. The Morgan fingerprint density at radius 1 is 0.881 bits per heavy atom. The Kier molecular flexibility index (Phi) is 10.8. The highest BCUT2D eigenvalue weighted by atomic mass is 16.5. The molecule has 1 atom stereocenters. The van der Waals surface area contributed by atoms with Crippen molar-refractivity contribution in [2.24, 2.45) is 5.92 Å². The molecule has 0 bridgehead atoms. The molecule has 15 heteroatoms. The summed E-state index contributed by atoms with van der Waals surface area (Å²) in [6.07, 6.45) is 7.65. The highest BCUT2D eigenvalue weighted by molar-refractivity contribution is 6.05. The van der Waals surface area contributed by atoms with Gasteiger partial charge in [-0.15, -0.1) is 10.2 Å². The number of aromatic nitrogens is 3. The number of hydrogen-bond donors (Lipinski definition) is 2. The van der Waals surface area contributed by atoms with Gasteiger partial charge in [-0.1, -0.05) is 0 Å². The van der Waals surface area contributed by atoms with Crippen LogP contribution in [0.5, 0.6) is 5.75 Å². The smallest absolute Gasteiger partial charge is 0.272 e. The highest BCUT2D eigenvalue weighted by Gasteiger charge is 2.39. The van der Waals surface area contributed by atoms with Crippen molar-refractivity contribution in [2.75, 3.05) is 55.6 Å². The van der Waals surface area contributed by atoms with Gasteiger partial charge in [0.15, 0.2) is 11.5 Å². The standard InChI is InChI=1S/C44H48N10O5/c45-25-29-3-12-38(35-2-1-17-46-41(29)35)59-33-7-4-31(5-8-33)47-42(56)36-10-13-39(50-49-36)53-18-15-28(16-19-53)26-51-20-22-52(23-21-51)32-6-9-34-30(24-32)27-54(44(34)58)37-11-14-40(55)48-43(37)57/h1-3,6,9-10,12-13,17,24,28,31,33,37H,4-5,7-8,11,14-16,18-23,26-27H2,(H,47,56)(H,48,55,57). The maximum atomic E-state index is 13.1. The number of pyridine rings is 1. The first kappa shape index (κ1) is 38.4. The van der Waals surface area contributed by atoms with Crippen LogP contribution in [0.3, 0.4) is 0 Å². The molecule has 4 amide bonds. The largest absolute Gasteiger partial charge is 0.490 e. The van der Waals surface area contributed by atoms with Gasteiger partial charge in [-0.2, -0.15) is 5.26 Å². The Morgan fingerprint density at radius 3 is 2.44 bits per heavy atom. The molecule has 2 aromatic carbocycles. The molecular weight excluding hydrogens is 749 g/mol. The zero-order chi connectivity index (χ0) is 40.5. The van der Waals surface area contributed by atoms with Crippen molar-refractivity contribution in [2.45, 2.75) is 76.1 Å². The molecular formula is C44H48N10O5. The van der Waals surface area contributed by atoms with E-state index in [0.29, 0.717) is 41.2 Å². The lowest BCUT2D eigenvalue weighted by atomic mass is 9.92. The summed E-state index contributed by atoms with van der Waals surface area (Å²) in [5.74, 6) is 1.10. The second kappa shape index (κ2) is 16.6. The Balaban J connectivity index is 0.693. The second-order valence-electron chi connectivity index (χ2n) is 16.4. The summed E-state index contributed by atoms with van der Waals surface area (Å²) in [6.45, 7) is 6.99. The van der Waals surface area contributed by atoms with Crippen LogP contribution in [0, 0.1) is 17.2 Å². The molecule has 4 fully saturated rings. The van der Waals surface area contributed by atoms with Crippen LogP contribution >= 0.6 is 0 Å². The first-order valence-electron chi connectivity index (χ1n) is 20.9. The number of ether oxygens (including phenoxy) is 1. The lowest BCUT2D eigenvalue weighted by Crippen LogP contribution is -2.52. The molecule has 304 valence electrons. The minimum atomic E-state index is -0.605. The van der Waals surface area contributed by atoms with Crippen molar-refractivity contribution >= 4 is 46.0 Å². The van der Waals surface area contributed by atoms with Gasteiger partial charge >= 0.3 is 0 Å². The number of nitriles is 1. The summed E-state index contributed by atoms with van der Waals surface area (Å²) in [5, 5.41) is 24.6. The minimum Gasteiger partial charge on any atom is -0.490 e. The molecule has 9 rings (SSSR count). The van der Waals surface area contributed by atoms with E-state index >= 15 is 0 Å². The molecule has 5 aliphatic rings. The van der Waals surface area contributed by atoms with Crippen molar-refractivity contribution in [3.05, 3.63) is 83.2 Å². The zero-order valence-corrected chi connectivity index (χ0v) is 33.0. The van der Waals surface area contributed by atoms with E-state index in [0.717, 1.165) is 113 Å². The quantitative estimate of drug-likeness (QED) is 0.235. The summed E-state index contributed by atoms with van der Waals surface area (Å²) in [5.41, 5.74) is 4.16. The summed E-state index contributed by atoms with van der Waals surface area (Å²) >= 11 is 0. The monoisotopic (exact) mass is 796 g/mol. The van der Waals surface area contributed by atoms with Gasteiger partial charge in [0.1, 0.15) is 17.9 Å². The molecule has 15 nitrogen and oxygen atoms in total. The number of anilines is 2. The number of carbonyl (C=O) groups excluding carboxylic acids is 4. The van der Waals surface area contributed by atoms with E-state index in [1.165, 1.54) is 0 Å². The van der Waals surface area contributed by atoms with Gasteiger partial charge in [0.25, 0.3) is 11.8 Å². The Labute approximate surface area is 342 Å². The number of rotatable bonds is 9. The summed E-state index contributed by atoms with van der Waals surface area (Å²) in [4.78, 5) is 63.5. The normalized spacial score (nSPS) is 22.9. The number of hydrogen-bond acceptors (Lipinski definition) is 12. The van der Waals surface area contributed by atoms with Crippen LogP contribution in [-0.2, 0) is 16.1 Å². The van der Waals surface area contributed by atoms with E-state index in [2.05, 4.69) is 52.7 Å². The number of piperazine rings is 1. The highest BCUT2D eigenvalue weighted by Crippen LogP contribution is 2.33. The lowest BCUT2D eigenvalue weighted by Gasteiger charge is -2.39. The summed E-state index contributed by atoms with van der Waals surface area (Å²) in [6, 6.07) is 18.7. The van der Waals surface area contributed by atoms with Gasteiger partial charge in [0.05, 0.1) is 17.2 Å². The van der Waals surface area contributed by atoms with Crippen molar-refractivity contribution in [3.8, 4) is 11.8 Å². The first-order valence-corrected chi connectivity index (χ1v) is 20.9. The second-order valence-corrected chi connectivity index (χ2v) is 16.4. The van der Waals surface area contributed by atoms with Crippen LogP contribution in [0.1, 0.15) is 83.3 Å². The fourth-order valence-corrected chi connectivity index (χ4v) is 9.37. The Morgan fingerprint density at radius 2 is 1.69 bits per heavy atom. The summed E-state index contributed by atoms with van der Waals surface area (Å²) in [7, 11) is 0. The molecule has 1 unspecified atom stereocenters. The molecule has 2 aromatic heterocycles. The molecule has 0 spiro atoms. The molecule has 3 saturated heterocycles. The van der Waals surface area contributed by atoms with Gasteiger partial charge < -0.3 is 24.8 Å². The minimum absolute atomic E-state index is 0.0214. The molecule has 0 radical (unpaired) electrons. The maximum Gasteiger partial charge on any atom is 0.272 e. The van der Waals surface area contributed by atoms with Crippen LogP contribution in [0.4, 0.5) is 11.5 Å².